The first kappa shape index (κ1) is 17.0. The van der Waals surface area contributed by atoms with Gasteiger partial charge in [-0.15, -0.1) is 0 Å². The molecule has 0 radical (unpaired) electrons. The van der Waals surface area contributed by atoms with Crippen LogP contribution in [0.4, 0.5) is 0 Å². The minimum atomic E-state index is -0.176. The lowest BCUT2D eigenvalue weighted by Gasteiger charge is -2.34. The van der Waals surface area contributed by atoms with Crippen molar-refractivity contribution in [2.24, 2.45) is 0 Å². The maximum atomic E-state index is 9.67. The Kier molecular flexibility index (Phi) is 7.03. The number of hydrogen-bond acceptors (Lipinski definition) is 3. The first-order valence-corrected chi connectivity index (χ1v) is 7.59. The lowest BCUT2D eigenvalue weighted by Crippen LogP contribution is -2.51. The van der Waals surface area contributed by atoms with Gasteiger partial charge < -0.3 is 15.2 Å². The number of nitrogens with one attached hydrogen (secondary N) is 1. The summed E-state index contributed by atoms with van der Waals surface area (Å²) in [6.45, 7) is 9.27. The Labute approximate surface area is 123 Å². The molecule has 0 aromatic heterocycles. The zero-order valence-corrected chi connectivity index (χ0v) is 13.3. The fourth-order valence-corrected chi connectivity index (χ4v) is 2.51. The summed E-state index contributed by atoms with van der Waals surface area (Å²) in [6, 6.07) is 8.48. The highest BCUT2D eigenvalue weighted by Crippen LogP contribution is 2.19. The van der Waals surface area contributed by atoms with E-state index in [0.717, 1.165) is 25.0 Å². The van der Waals surface area contributed by atoms with Crippen LogP contribution in [0.15, 0.2) is 24.3 Å². The molecule has 2 N–H and O–H groups in total. The van der Waals surface area contributed by atoms with E-state index in [9.17, 15) is 5.11 Å². The van der Waals surface area contributed by atoms with Gasteiger partial charge >= 0.3 is 0 Å². The molecular formula is C17H29NO2. The normalized spacial score (nSPS) is 14.3. The lowest BCUT2D eigenvalue weighted by atomic mass is 9.90. The van der Waals surface area contributed by atoms with Crippen LogP contribution in [-0.2, 0) is 0 Å². The first-order valence-electron chi connectivity index (χ1n) is 7.59. The molecular weight excluding hydrogens is 250 g/mol. The number of ether oxygens (including phenoxy) is 1. The van der Waals surface area contributed by atoms with Crippen LogP contribution < -0.4 is 10.1 Å². The SMILES string of the molecule is CCC(CO)(CCCOc1cccc(C)c1)NC(C)C. The predicted octanol–water partition coefficient (Wildman–Crippen LogP) is 3.29. The summed E-state index contributed by atoms with van der Waals surface area (Å²) in [5.74, 6) is 0.924. The van der Waals surface area contributed by atoms with E-state index in [0.29, 0.717) is 12.6 Å². The van der Waals surface area contributed by atoms with Gasteiger partial charge in [-0.2, -0.15) is 0 Å². The maximum absolute atomic E-state index is 9.67. The van der Waals surface area contributed by atoms with Gasteiger partial charge in [-0.3, -0.25) is 0 Å². The molecule has 0 bridgehead atoms. The summed E-state index contributed by atoms with van der Waals surface area (Å²) in [7, 11) is 0. The molecule has 1 atom stereocenters. The van der Waals surface area contributed by atoms with Gasteiger partial charge in [0.1, 0.15) is 5.75 Å². The molecule has 0 saturated heterocycles. The van der Waals surface area contributed by atoms with Gasteiger partial charge in [-0.05, 0) is 43.9 Å². The molecule has 20 heavy (non-hydrogen) atoms. The fourth-order valence-electron chi connectivity index (χ4n) is 2.51. The van der Waals surface area contributed by atoms with Crippen LogP contribution in [-0.4, -0.2) is 29.9 Å². The molecule has 0 aliphatic heterocycles. The molecule has 0 aliphatic carbocycles. The van der Waals surface area contributed by atoms with Crippen molar-refractivity contribution in [1.82, 2.24) is 5.32 Å². The number of aliphatic hydroxyl groups excluding tert-OH is 1. The van der Waals surface area contributed by atoms with Gasteiger partial charge in [0.15, 0.2) is 0 Å². The number of aryl methyl sites for hydroxylation is 1. The zero-order valence-electron chi connectivity index (χ0n) is 13.3. The van der Waals surface area contributed by atoms with Crippen LogP contribution in [0.1, 0.15) is 45.6 Å². The van der Waals surface area contributed by atoms with Crippen LogP contribution in [0.2, 0.25) is 0 Å². The standard InChI is InChI=1S/C17H29NO2/c1-5-17(13-19,18-14(2)3)10-7-11-20-16-9-6-8-15(4)12-16/h6,8-9,12,14,18-19H,5,7,10-11,13H2,1-4H3. The average molecular weight is 279 g/mol. The summed E-state index contributed by atoms with van der Waals surface area (Å²) in [5.41, 5.74) is 1.03. The maximum Gasteiger partial charge on any atom is 0.119 e. The van der Waals surface area contributed by atoms with E-state index >= 15 is 0 Å². The van der Waals surface area contributed by atoms with E-state index in [2.05, 4.69) is 39.1 Å². The van der Waals surface area contributed by atoms with Gasteiger partial charge in [0, 0.05) is 11.6 Å². The van der Waals surface area contributed by atoms with E-state index in [-0.39, 0.29) is 12.1 Å². The number of hydrogen-bond donors (Lipinski definition) is 2. The summed E-state index contributed by atoms with van der Waals surface area (Å²) in [4.78, 5) is 0. The highest BCUT2D eigenvalue weighted by atomic mass is 16.5. The Hall–Kier alpha value is -1.06. The second kappa shape index (κ2) is 8.28. The van der Waals surface area contributed by atoms with Gasteiger partial charge in [-0.1, -0.05) is 32.9 Å². The molecule has 1 rings (SSSR count). The molecule has 1 aromatic carbocycles. The Balaban J connectivity index is 2.41. The Morgan fingerprint density at radius 2 is 2.10 bits per heavy atom. The molecule has 114 valence electrons. The average Bonchev–Trinajstić information content (AvgIpc) is 2.42. The van der Waals surface area contributed by atoms with E-state index in [4.69, 9.17) is 4.74 Å². The molecule has 0 fully saturated rings. The molecule has 0 amide bonds. The highest BCUT2D eigenvalue weighted by Gasteiger charge is 2.27. The molecule has 1 aromatic rings. The minimum Gasteiger partial charge on any atom is -0.494 e. The van der Waals surface area contributed by atoms with E-state index in [1.807, 2.05) is 18.2 Å². The van der Waals surface area contributed by atoms with E-state index in [1.165, 1.54) is 5.56 Å². The number of benzene rings is 1. The van der Waals surface area contributed by atoms with E-state index in [1.54, 1.807) is 0 Å². The van der Waals surface area contributed by atoms with Gasteiger partial charge in [0.05, 0.1) is 13.2 Å². The molecule has 0 heterocycles. The Morgan fingerprint density at radius 1 is 1.35 bits per heavy atom. The van der Waals surface area contributed by atoms with E-state index < -0.39 is 0 Å². The second-order valence-electron chi connectivity index (χ2n) is 5.86. The summed E-state index contributed by atoms with van der Waals surface area (Å²) in [6.07, 6.45) is 2.78. The van der Waals surface area contributed by atoms with Gasteiger partial charge in [0.25, 0.3) is 0 Å². The smallest absolute Gasteiger partial charge is 0.119 e. The molecule has 0 aliphatic rings. The van der Waals surface area contributed by atoms with Crippen LogP contribution in [0.3, 0.4) is 0 Å². The molecule has 0 saturated carbocycles. The molecule has 0 spiro atoms. The number of rotatable bonds is 9. The number of aliphatic hydroxyl groups is 1. The topological polar surface area (TPSA) is 41.5 Å². The van der Waals surface area contributed by atoms with Crippen molar-refractivity contribution in [1.29, 1.82) is 0 Å². The molecule has 3 nitrogen and oxygen atoms in total. The largest absolute Gasteiger partial charge is 0.494 e. The predicted molar refractivity (Wildman–Crippen MR) is 84.3 cm³/mol. The zero-order chi connectivity index (χ0) is 15.0. The second-order valence-corrected chi connectivity index (χ2v) is 5.86. The lowest BCUT2D eigenvalue weighted by molar-refractivity contribution is 0.129. The van der Waals surface area contributed by atoms with Crippen molar-refractivity contribution < 1.29 is 9.84 Å². The van der Waals surface area contributed by atoms with Crippen molar-refractivity contribution in [3.8, 4) is 5.75 Å². The van der Waals surface area contributed by atoms with Crippen molar-refractivity contribution in [3.05, 3.63) is 29.8 Å². The Morgan fingerprint density at radius 3 is 2.65 bits per heavy atom. The van der Waals surface area contributed by atoms with Crippen molar-refractivity contribution >= 4 is 0 Å². The van der Waals surface area contributed by atoms with Crippen molar-refractivity contribution in [2.45, 2.75) is 58.5 Å². The summed E-state index contributed by atoms with van der Waals surface area (Å²) in [5, 5.41) is 13.2. The monoisotopic (exact) mass is 279 g/mol. The Bertz CT molecular complexity index is 386. The molecule has 1 unspecified atom stereocenters. The van der Waals surface area contributed by atoms with Crippen LogP contribution in [0, 0.1) is 6.92 Å². The quantitative estimate of drug-likeness (QED) is 0.682. The molecule has 3 heteroatoms. The van der Waals surface area contributed by atoms with Gasteiger partial charge in [-0.25, -0.2) is 0 Å². The summed E-state index contributed by atoms with van der Waals surface area (Å²) < 4.78 is 5.77. The first-order chi connectivity index (χ1) is 9.51. The third kappa shape index (κ3) is 5.51. The summed E-state index contributed by atoms with van der Waals surface area (Å²) >= 11 is 0. The van der Waals surface area contributed by atoms with Crippen LogP contribution >= 0.6 is 0 Å². The highest BCUT2D eigenvalue weighted by molar-refractivity contribution is 5.27. The minimum absolute atomic E-state index is 0.173. The van der Waals surface area contributed by atoms with Crippen LogP contribution in [0.25, 0.3) is 0 Å². The third-order valence-corrected chi connectivity index (χ3v) is 3.63. The van der Waals surface area contributed by atoms with Crippen molar-refractivity contribution in [2.75, 3.05) is 13.2 Å². The third-order valence-electron chi connectivity index (χ3n) is 3.63. The fraction of sp³-hybridized carbons (Fsp3) is 0.647. The van der Waals surface area contributed by atoms with Crippen LogP contribution in [0.5, 0.6) is 5.75 Å². The van der Waals surface area contributed by atoms with Crippen molar-refractivity contribution in [3.63, 3.8) is 0 Å². The van der Waals surface area contributed by atoms with Gasteiger partial charge in [0.2, 0.25) is 0 Å².